The molecule has 0 bridgehead atoms. The number of carbonyl (C=O) groups is 2. The Morgan fingerprint density at radius 2 is 1.34 bits per heavy atom. The van der Waals surface area contributed by atoms with Crippen LogP contribution >= 0.6 is 0 Å². The molecule has 0 aliphatic heterocycles. The summed E-state index contributed by atoms with van der Waals surface area (Å²) in [5.74, 6) is 1.25. The Hall–Kier alpha value is -4.62. The number of hydrogen-bond acceptors (Lipinski definition) is 5. The maximum Gasteiger partial charge on any atom is 0.252 e. The second kappa shape index (κ2) is 13.6. The van der Waals surface area contributed by atoms with Crippen LogP contribution < -0.4 is 20.1 Å². The van der Waals surface area contributed by atoms with Crippen LogP contribution in [0.15, 0.2) is 109 Å². The minimum Gasteiger partial charge on any atom is -0.494 e. The van der Waals surface area contributed by atoms with E-state index in [9.17, 15) is 9.59 Å². The van der Waals surface area contributed by atoms with E-state index >= 15 is 0 Å². The van der Waals surface area contributed by atoms with Crippen LogP contribution in [0.25, 0.3) is 0 Å². The molecular weight excluding hydrogens is 480 g/mol. The lowest BCUT2D eigenvalue weighted by atomic mass is 10.1. The molecule has 0 saturated carbocycles. The number of ether oxygens (including phenoxy) is 3. The second-order valence-electron chi connectivity index (χ2n) is 8.41. The van der Waals surface area contributed by atoms with Crippen LogP contribution in [0.5, 0.6) is 17.2 Å². The summed E-state index contributed by atoms with van der Waals surface area (Å²) < 4.78 is 17.0. The van der Waals surface area contributed by atoms with Gasteiger partial charge in [0.15, 0.2) is 0 Å². The van der Waals surface area contributed by atoms with Crippen molar-refractivity contribution in [2.75, 3.05) is 18.5 Å². The molecule has 1 unspecified atom stereocenters. The number of anilines is 1. The van der Waals surface area contributed by atoms with E-state index in [1.165, 1.54) is 0 Å². The molecule has 38 heavy (non-hydrogen) atoms. The van der Waals surface area contributed by atoms with Crippen LogP contribution in [0.4, 0.5) is 5.69 Å². The molecule has 0 spiro atoms. The largest absolute Gasteiger partial charge is 0.494 e. The van der Waals surface area contributed by atoms with Crippen molar-refractivity contribution in [3.63, 3.8) is 0 Å². The molecule has 0 saturated heterocycles. The van der Waals surface area contributed by atoms with Gasteiger partial charge < -0.3 is 24.8 Å². The maximum absolute atomic E-state index is 13.2. The highest BCUT2D eigenvalue weighted by molar-refractivity contribution is 6.01. The molecule has 7 nitrogen and oxygen atoms in total. The Kier molecular flexibility index (Phi) is 9.48. The molecule has 4 rings (SSSR count). The second-order valence-corrected chi connectivity index (χ2v) is 8.41. The van der Waals surface area contributed by atoms with Crippen LogP contribution in [-0.4, -0.2) is 31.1 Å². The summed E-state index contributed by atoms with van der Waals surface area (Å²) in [6.45, 7) is 2.74. The van der Waals surface area contributed by atoms with Gasteiger partial charge in [-0.05, 0) is 73.2 Å². The SMILES string of the molecule is CCOc1ccc(C(=O)NC(COCc2ccccc2)C(=O)Nc2ccc(Oc3ccccc3)cc2)cc1. The van der Waals surface area contributed by atoms with Crippen LogP contribution in [0, 0.1) is 0 Å². The molecule has 2 amide bonds. The standard InChI is InChI=1S/C31H30N2O5/c1-2-37-26-17-13-24(14-18-26)30(34)33-29(22-36-21-23-9-5-3-6-10-23)31(35)32-25-15-19-28(20-16-25)38-27-11-7-4-8-12-27/h3-20,29H,2,21-22H2,1H3,(H,32,35)(H,33,34). The summed E-state index contributed by atoms with van der Waals surface area (Å²) >= 11 is 0. The lowest BCUT2D eigenvalue weighted by Crippen LogP contribution is -2.46. The van der Waals surface area contributed by atoms with Crippen molar-refractivity contribution in [3.05, 3.63) is 120 Å². The summed E-state index contributed by atoms with van der Waals surface area (Å²) in [5, 5.41) is 5.65. The zero-order valence-electron chi connectivity index (χ0n) is 21.1. The highest BCUT2D eigenvalue weighted by Crippen LogP contribution is 2.22. The van der Waals surface area contributed by atoms with Crippen LogP contribution in [0.1, 0.15) is 22.8 Å². The number of amides is 2. The fourth-order valence-corrected chi connectivity index (χ4v) is 3.62. The number of benzene rings is 4. The summed E-state index contributed by atoms with van der Waals surface area (Å²) in [7, 11) is 0. The highest BCUT2D eigenvalue weighted by atomic mass is 16.5. The molecule has 0 radical (unpaired) electrons. The Balaban J connectivity index is 1.40. The first-order chi connectivity index (χ1) is 18.6. The summed E-state index contributed by atoms with van der Waals surface area (Å²) in [6, 6.07) is 31.9. The van der Waals surface area contributed by atoms with Gasteiger partial charge in [-0.25, -0.2) is 0 Å². The Morgan fingerprint density at radius 1 is 0.737 bits per heavy atom. The molecular formula is C31H30N2O5. The van der Waals surface area contributed by atoms with E-state index in [0.29, 0.717) is 36.0 Å². The molecule has 7 heteroatoms. The molecule has 0 fully saturated rings. The average Bonchev–Trinajstić information content (AvgIpc) is 2.95. The van der Waals surface area contributed by atoms with Crippen LogP contribution in [0.2, 0.25) is 0 Å². The van der Waals surface area contributed by atoms with Crippen molar-refractivity contribution in [3.8, 4) is 17.2 Å². The topological polar surface area (TPSA) is 85.9 Å². The first kappa shape index (κ1) is 26.4. The van der Waals surface area contributed by atoms with Crippen LogP contribution in [-0.2, 0) is 16.1 Å². The van der Waals surface area contributed by atoms with Crippen molar-refractivity contribution in [1.29, 1.82) is 0 Å². The van der Waals surface area contributed by atoms with E-state index in [1.807, 2.05) is 67.6 Å². The molecule has 4 aromatic rings. The van der Waals surface area contributed by atoms with Crippen molar-refractivity contribution in [2.24, 2.45) is 0 Å². The van der Waals surface area contributed by atoms with E-state index in [2.05, 4.69) is 10.6 Å². The third-order valence-electron chi connectivity index (χ3n) is 5.55. The predicted molar refractivity (Wildman–Crippen MR) is 147 cm³/mol. The van der Waals surface area contributed by atoms with Gasteiger partial charge in [-0.15, -0.1) is 0 Å². The first-order valence-corrected chi connectivity index (χ1v) is 12.4. The lowest BCUT2D eigenvalue weighted by Gasteiger charge is -2.19. The van der Waals surface area contributed by atoms with Gasteiger partial charge in [-0.3, -0.25) is 9.59 Å². The molecule has 194 valence electrons. The van der Waals surface area contributed by atoms with Gasteiger partial charge >= 0.3 is 0 Å². The van der Waals surface area contributed by atoms with Gasteiger partial charge in [0, 0.05) is 11.3 Å². The molecule has 0 aliphatic carbocycles. The first-order valence-electron chi connectivity index (χ1n) is 12.4. The summed E-state index contributed by atoms with van der Waals surface area (Å²) in [4.78, 5) is 26.1. The van der Waals surface area contributed by atoms with Gasteiger partial charge in [-0.1, -0.05) is 48.5 Å². The minimum absolute atomic E-state index is 0.00129. The Labute approximate surface area is 222 Å². The fourth-order valence-electron chi connectivity index (χ4n) is 3.62. The zero-order valence-corrected chi connectivity index (χ0v) is 21.1. The zero-order chi connectivity index (χ0) is 26.6. The fraction of sp³-hybridized carbons (Fsp3) is 0.161. The van der Waals surface area contributed by atoms with Gasteiger partial charge in [0.2, 0.25) is 5.91 Å². The van der Waals surface area contributed by atoms with E-state index in [1.54, 1.807) is 48.5 Å². The highest BCUT2D eigenvalue weighted by Gasteiger charge is 2.22. The number of rotatable bonds is 12. The number of nitrogens with one attached hydrogen (secondary N) is 2. The van der Waals surface area contributed by atoms with Gasteiger partial charge in [0.1, 0.15) is 23.3 Å². The third-order valence-corrected chi connectivity index (χ3v) is 5.55. The van der Waals surface area contributed by atoms with Crippen molar-refractivity contribution >= 4 is 17.5 Å². The average molecular weight is 511 g/mol. The summed E-state index contributed by atoms with van der Waals surface area (Å²) in [5.41, 5.74) is 1.95. The van der Waals surface area contributed by atoms with Crippen LogP contribution in [0.3, 0.4) is 0 Å². The molecule has 1 atom stereocenters. The van der Waals surface area contributed by atoms with Crippen molar-refractivity contribution < 1.29 is 23.8 Å². The number of para-hydroxylation sites is 1. The summed E-state index contributed by atoms with van der Waals surface area (Å²) in [6.07, 6.45) is 0. The Bertz CT molecular complexity index is 1290. The predicted octanol–water partition coefficient (Wildman–Crippen LogP) is 5.83. The molecule has 0 aromatic heterocycles. The molecule has 4 aromatic carbocycles. The van der Waals surface area contributed by atoms with E-state index in [0.717, 1.165) is 11.3 Å². The quantitative estimate of drug-likeness (QED) is 0.250. The molecule has 0 aliphatic rings. The maximum atomic E-state index is 13.2. The van der Waals surface area contributed by atoms with Gasteiger partial charge in [0.25, 0.3) is 5.91 Å². The monoisotopic (exact) mass is 510 g/mol. The van der Waals surface area contributed by atoms with E-state index < -0.39 is 11.9 Å². The normalized spacial score (nSPS) is 11.3. The van der Waals surface area contributed by atoms with E-state index in [-0.39, 0.29) is 12.5 Å². The lowest BCUT2D eigenvalue weighted by molar-refractivity contribution is -0.119. The molecule has 2 N–H and O–H groups in total. The smallest absolute Gasteiger partial charge is 0.252 e. The minimum atomic E-state index is -0.918. The van der Waals surface area contributed by atoms with Gasteiger partial charge in [-0.2, -0.15) is 0 Å². The Morgan fingerprint density at radius 3 is 2.00 bits per heavy atom. The van der Waals surface area contributed by atoms with Crippen molar-refractivity contribution in [2.45, 2.75) is 19.6 Å². The van der Waals surface area contributed by atoms with Crippen molar-refractivity contribution in [1.82, 2.24) is 5.32 Å². The number of hydrogen-bond donors (Lipinski definition) is 2. The van der Waals surface area contributed by atoms with E-state index in [4.69, 9.17) is 14.2 Å². The number of carbonyl (C=O) groups excluding carboxylic acids is 2. The third kappa shape index (κ3) is 7.94. The molecule has 0 heterocycles. The van der Waals surface area contributed by atoms with Gasteiger partial charge in [0.05, 0.1) is 19.8 Å².